The van der Waals surface area contributed by atoms with Crippen molar-refractivity contribution in [1.29, 1.82) is 0 Å². The number of benzene rings is 1. The molecule has 2 unspecified atom stereocenters. The Balaban J connectivity index is 2.32. The Morgan fingerprint density at radius 3 is 2.88 bits per heavy atom. The molecule has 16 heavy (non-hydrogen) atoms. The summed E-state index contributed by atoms with van der Waals surface area (Å²) in [6, 6.07) is 4.64. The van der Waals surface area contributed by atoms with E-state index in [1.807, 2.05) is 6.92 Å². The molecule has 0 radical (unpaired) electrons. The molecule has 2 rings (SSSR count). The van der Waals surface area contributed by atoms with Gasteiger partial charge in [0.2, 0.25) is 0 Å². The summed E-state index contributed by atoms with van der Waals surface area (Å²) in [6.07, 6.45) is 1.55. The van der Waals surface area contributed by atoms with Crippen LogP contribution < -0.4 is 0 Å². The van der Waals surface area contributed by atoms with Gasteiger partial charge < -0.3 is 5.11 Å². The lowest BCUT2D eigenvalue weighted by Crippen LogP contribution is -2.26. The number of aliphatic hydroxyl groups is 1. The first-order valence-corrected chi connectivity index (χ1v) is 6.59. The van der Waals surface area contributed by atoms with Gasteiger partial charge in [-0.1, -0.05) is 6.07 Å². The molecule has 1 aromatic carbocycles. The van der Waals surface area contributed by atoms with Crippen LogP contribution in [-0.2, 0) is 0 Å². The van der Waals surface area contributed by atoms with Crippen LogP contribution in [0.1, 0.15) is 37.0 Å². The third-order valence-electron chi connectivity index (χ3n) is 3.36. The first kappa shape index (κ1) is 11.9. The lowest BCUT2D eigenvalue weighted by Gasteiger charge is -2.30. The first-order valence-electron chi connectivity index (χ1n) is 5.61. The fraction of sp³-hybridized carbons (Fsp3) is 0.538. The highest BCUT2D eigenvalue weighted by molar-refractivity contribution is 8.00. The largest absolute Gasteiger partial charge is 0.387 e. The molecule has 1 saturated heterocycles. The second-order valence-corrected chi connectivity index (χ2v) is 6.30. The Morgan fingerprint density at radius 2 is 2.25 bits per heavy atom. The van der Waals surface area contributed by atoms with E-state index in [0.717, 1.165) is 29.7 Å². The minimum Gasteiger partial charge on any atom is -0.387 e. The zero-order valence-corrected chi connectivity index (χ0v) is 10.5. The first-order chi connectivity index (χ1) is 7.53. The van der Waals surface area contributed by atoms with E-state index in [1.54, 1.807) is 17.8 Å². The number of aryl methyl sites for hydroxylation is 1. The van der Waals surface area contributed by atoms with Crippen molar-refractivity contribution in [2.75, 3.05) is 5.75 Å². The summed E-state index contributed by atoms with van der Waals surface area (Å²) in [6.45, 7) is 3.99. The molecule has 0 aliphatic carbocycles. The summed E-state index contributed by atoms with van der Waals surface area (Å²) in [7, 11) is 0. The highest BCUT2D eigenvalue weighted by Gasteiger charge is 2.38. The van der Waals surface area contributed by atoms with Gasteiger partial charge in [-0.05, 0) is 55.7 Å². The molecule has 0 amide bonds. The summed E-state index contributed by atoms with van der Waals surface area (Å²) < 4.78 is 13.0. The third-order valence-corrected chi connectivity index (χ3v) is 4.94. The Hall–Kier alpha value is -0.540. The molecule has 1 fully saturated rings. The summed E-state index contributed by atoms with van der Waals surface area (Å²) in [4.78, 5) is 0. The van der Waals surface area contributed by atoms with Crippen molar-refractivity contribution in [3.8, 4) is 0 Å². The molecule has 3 heteroatoms. The molecule has 0 aromatic heterocycles. The molecule has 2 atom stereocenters. The van der Waals surface area contributed by atoms with Crippen LogP contribution in [0.15, 0.2) is 18.2 Å². The summed E-state index contributed by atoms with van der Waals surface area (Å²) >= 11 is 1.79. The second-order valence-electron chi connectivity index (χ2n) is 4.67. The van der Waals surface area contributed by atoms with Crippen molar-refractivity contribution in [2.45, 2.75) is 37.5 Å². The Morgan fingerprint density at radius 1 is 1.50 bits per heavy atom. The molecule has 88 valence electrons. The normalized spacial score (nSPS) is 27.0. The maximum atomic E-state index is 13.2. The smallest absolute Gasteiger partial charge is 0.123 e. The van der Waals surface area contributed by atoms with E-state index >= 15 is 0 Å². The van der Waals surface area contributed by atoms with E-state index in [-0.39, 0.29) is 10.6 Å². The fourth-order valence-corrected chi connectivity index (χ4v) is 3.58. The van der Waals surface area contributed by atoms with Crippen molar-refractivity contribution >= 4 is 11.8 Å². The van der Waals surface area contributed by atoms with E-state index in [9.17, 15) is 9.50 Å². The predicted octanol–water partition coefficient (Wildman–Crippen LogP) is 3.45. The average molecular weight is 240 g/mol. The Labute approximate surface area is 100 Å². The molecule has 0 saturated carbocycles. The van der Waals surface area contributed by atoms with Gasteiger partial charge in [0, 0.05) is 4.75 Å². The van der Waals surface area contributed by atoms with Crippen LogP contribution >= 0.6 is 11.8 Å². The number of hydrogen-bond donors (Lipinski definition) is 1. The average Bonchev–Trinajstić information content (AvgIpc) is 2.69. The molecule has 1 nitrogen and oxygen atoms in total. The molecule has 0 spiro atoms. The lowest BCUT2D eigenvalue weighted by molar-refractivity contribution is 0.134. The van der Waals surface area contributed by atoms with E-state index in [1.165, 1.54) is 12.1 Å². The minimum absolute atomic E-state index is 0.154. The van der Waals surface area contributed by atoms with Crippen molar-refractivity contribution in [2.24, 2.45) is 0 Å². The van der Waals surface area contributed by atoms with E-state index in [0.29, 0.717) is 0 Å². The van der Waals surface area contributed by atoms with Gasteiger partial charge in [0.1, 0.15) is 5.82 Å². The van der Waals surface area contributed by atoms with Crippen LogP contribution in [0.4, 0.5) is 4.39 Å². The van der Waals surface area contributed by atoms with E-state index in [4.69, 9.17) is 0 Å². The highest BCUT2D eigenvalue weighted by atomic mass is 32.2. The zero-order valence-electron chi connectivity index (χ0n) is 9.66. The van der Waals surface area contributed by atoms with Gasteiger partial charge in [-0.25, -0.2) is 4.39 Å². The maximum absolute atomic E-state index is 13.2. The SMILES string of the molecule is Cc1ccc(F)cc1C(O)C1(C)CCCS1. The molecule has 1 aliphatic rings. The molecular weight excluding hydrogens is 223 g/mol. The Kier molecular flexibility index (Phi) is 3.27. The second kappa shape index (κ2) is 4.38. The monoisotopic (exact) mass is 240 g/mol. The number of thioether (sulfide) groups is 1. The van der Waals surface area contributed by atoms with Crippen LogP contribution in [0.5, 0.6) is 0 Å². The number of hydrogen-bond acceptors (Lipinski definition) is 2. The number of halogens is 1. The van der Waals surface area contributed by atoms with Crippen molar-refractivity contribution in [3.63, 3.8) is 0 Å². The van der Waals surface area contributed by atoms with Crippen LogP contribution in [0.25, 0.3) is 0 Å². The molecule has 0 bridgehead atoms. The molecule has 1 aromatic rings. The van der Waals surface area contributed by atoms with Crippen molar-refractivity contribution in [1.82, 2.24) is 0 Å². The fourth-order valence-electron chi connectivity index (χ4n) is 2.25. The molecule has 1 N–H and O–H groups in total. The predicted molar refractivity (Wildman–Crippen MR) is 66.2 cm³/mol. The standard InChI is InChI=1S/C13H17FOS/c1-9-4-5-10(14)8-11(9)12(15)13(2)6-3-7-16-13/h4-5,8,12,15H,3,6-7H2,1-2H3. The Bertz CT molecular complexity index is 386. The number of rotatable bonds is 2. The van der Waals surface area contributed by atoms with Crippen LogP contribution in [0, 0.1) is 12.7 Å². The summed E-state index contributed by atoms with van der Waals surface area (Å²) in [5.41, 5.74) is 1.69. The van der Waals surface area contributed by atoms with Crippen molar-refractivity contribution < 1.29 is 9.50 Å². The molecule has 1 heterocycles. The van der Waals surface area contributed by atoms with E-state index in [2.05, 4.69) is 6.92 Å². The van der Waals surface area contributed by atoms with Gasteiger partial charge >= 0.3 is 0 Å². The molecule has 1 aliphatic heterocycles. The van der Waals surface area contributed by atoms with Gasteiger partial charge in [-0.3, -0.25) is 0 Å². The summed E-state index contributed by atoms with van der Waals surface area (Å²) in [5, 5.41) is 10.4. The van der Waals surface area contributed by atoms with Gasteiger partial charge in [-0.2, -0.15) is 11.8 Å². The number of aliphatic hydroxyl groups excluding tert-OH is 1. The van der Waals surface area contributed by atoms with Gasteiger partial charge in [0.25, 0.3) is 0 Å². The third kappa shape index (κ3) is 2.11. The van der Waals surface area contributed by atoms with Gasteiger partial charge in [-0.15, -0.1) is 0 Å². The lowest BCUT2D eigenvalue weighted by atomic mass is 9.90. The van der Waals surface area contributed by atoms with Crippen LogP contribution in [0.3, 0.4) is 0 Å². The highest BCUT2D eigenvalue weighted by Crippen LogP contribution is 2.47. The van der Waals surface area contributed by atoms with Crippen LogP contribution in [-0.4, -0.2) is 15.6 Å². The zero-order chi connectivity index (χ0) is 11.8. The molecular formula is C13H17FOS. The minimum atomic E-state index is -0.573. The van der Waals surface area contributed by atoms with Crippen LogP contribution in [0.2, 0.25) is 0 Å². The topological polar surface area (TPSA) is 20.2 Å². The van der Waals surface area contributed by atoms with Gasteiger partial charge in [0.15, 0.2) is 0 Å². The maximum Gasteiger partial charge on any atom is 0.123 e. The van der Waals surface area contributed by atoms with E-state index < -0.39 is 6.10 Å². The van der Waals surface area contributed by atoms with Crippen molar-refractivity contribution in [3.05, 3.63) is 35.1 Å². The van der Waals surface area contributed by atoms with Gasteiger partial charge in [0.05, 0.1) is 6.10 Å². The summed E-state index contributed by atoms with van der Waals surface area (Å²) in [5.74, 6) is 0.813. The quantitative estimate of drug-likeness (QED) is 0.854.